The molecule has 6 rings (SSSR count). The average Bonchev–Trinajstić information content (AvgIpc) is 3.81. The van der Waals surface area contributed by atoms with Gasteiger partial charge >= 0.3 is 0 Å². The number of hydrogen-bond acceptors (Lipinski definition) is 10. The van der Waals surface area contributed by atoms with E-state index in [2.05, 4.69) is 76.2 Å². The van der Waals surface area contributed by atoms with Gasteiger partial charge in [0.25, 0.3) is 5.88 Å². The van der Waals surface area contributed by atoms with Gasteiger partial charge in [-0.25, -0.2) is 0 Å². The molecule has 2 heterocycles. The van der Waals surface area contributed by atoms with Gasteiger partial charge in [0.05, 0.1) is 24.8 Å². The number of benzene rings is 1. The van der Waals surface area contributed by atoms with E-state index < -0.39 is 43.4 Å². The number of carbonyl (C=O) groups is 2. The second-order valence-electron chi connectivity index (χ2n) is 17.1. The van der Waals surface area contributed by atoms with Crippen LogP contribution in [-0.4, -0.2) is 73.5 Å². The molecule has 1 aliphatic heterocycles. The summed E-state index contributed by atoms with van der Waals surface area (Å²) in [4.78, 5) is 33.6. The van der Waals surface area contributed by atoms with Gasteiger partial charge in [-0.15, -0.1) is 13.2 Å². The van der Waals surface area contributed by atoms with Crippen molar-refractivity contribution in [1.29, 1.82) is 0 Å². The second kappa shape index (κ2) is 16.3. The van der Waals surface area contributed by atoms with Crippen LogP contribution in [0, 0.1) is 11.8 Å². The summed E-state index contributed by atoms with van der Waals surface area (Å²) < 4.78 is 26.0. The topological polar surface area (TPSA) is 123 Å². The van der Waals surface area contributed by atoms with Gasteiger partial charge in [0.2, 0.25) is 11.6 Å². The van der Waals surface area contributed by atoms with Crippen LogP contribution in [0.4, 0.5) is 0 Å². The first kappa shape index (κ1) is 41.4. The number of Topliss-reactive ketones (excluding diaryl/α,β-unsaturated/α-hetero) is 2. The first-order valence-electron chi connectivity index (χ1n) is 20.2. The van der Waals surface area contributed by atoms with E-state index in [1.807, 2.05) is 6.07 Å². The first-order valence-corrected chi connectivity index (χ1v) is 23.5. The van der Waals surface area contributed by atoms with Gasteiger partial charge in [0.1, 0.15) is 17.1 Å². The summed E-state index contributed by atoms with van der Waals surface area (Å²) in [6.07, 6.45) is 9.66. The molecule has 1 saturated carbocycles. The number of carbonyl (C=O) groups excluding carboxylic acids is 2. The minimum Gasteiger partial charge on any atom is -0.507 e. The van der Waals surface area contributed by atoms with Gasteiger partial charge in [0, 0.05) is 35.6 Å². The highest BCUT2D eigenvalue weighted by molar-refractivity contribution is 6.74. The maximum Gasteiger partial charge on any atom is 0.265 e. The van der Waals surface area contributed by atoms with Crippen molar-refractivity contribution in [3.05, 3.63) is 70.0 Å². The molecule has 300 valence electrons. The van der Waals surface area contributed by atoms with Crippen molar-refractivity contribution in [1.82, 2.24) is 15.4 Å². The van der Waals surface area contributed by atoms with Crippen LogP contribution in [0.2, 0.25) is 23.2 Å². The molecule has 1 unspecified atom stereocenters. The van der Waals surface area contributed by atoms with Crippen LogP contribution in [0.5, 0.6) is 11.6 Å². The second-order valence-corrected chi connectivity index (χ2v) is 22.3. The van der Waals surface area contributed by atoms with Crippen molar-refractivity contribution >= 4 is 37.2 Å². The first-order chi connectivity index (χ1) is 26.2. The summed E-state index contributed by atoms with van der Waals surface area (Å²) in [5.41, 5.74) is 0.429. The fourth-order valence-electron chi connectivity index (χ4n) is 8.69. The third-order valence-electron chi connectivity index (χ3n) is 12.5. The largest absolute Gasteiger partial charge is 0.507 e. The third kappa shape index (κ3) is 7.17. The Labute approximate surface area is 332 Å². The van der Waals surface area contributed by atoms with E-state index in [1.165, 1.54) is 0 Å². The molecule has 4 aliphatic rings. The van der Waals surface area contributed by atoms with Gasteiger partial charge in [-0.2, -0.15) is 0 Å². The normalized spacial score (nSPS) is 25.0. The zero-order valence-electron chi connectivity index (χ0n) is 33.8. The number of nitrogens with one attached hydrogen (secondary N) is 1. The summed E-state index contributed by atoms with van der Waals surface area (Å²) in [5, 5.41) is 20.6. The van der Waals surface area contributed by atoms with E-state index >= 15 is 9.59 Å². The van der Waals surface area contributed by atoms with E-state index in [4.69, 9.17) is 30.0 Å². The Kier molecular flexibility index (Phi) is 12.3. The minimum absolute atomic E-state index is 0.0563. The van der Waals surface area contributed by atoms with Crippen molar-refractivity contribution < 1.29 is 33.1 Å². The molecular formula is C43H60ClN3O7Si. The zero-order valence-corrected chi connectivity index (χ0v) is 35.6. The van der Waals surface area contributed by atoms with Crippen molar-refractivity contribution in [3.8, 4) is 11.6 Å². The van der Waals surface area contributed by atoms with Crippen LogP contribution in [0.3, 0.4) is 0 Å². The van der Waals surface area contributed by atoms with E-state index in [9.17, 15) is 5.11 Å². The molecule has 0 amide bonds. The van der Waals surface area contributed by atoms with Crippen LogP contribution in [0.1, 0.15) is 124 Å². The molecule has 12 heteroatoms. The minimum atomic E-state index is -2.91. The lowest BCUT2D eigenvalue weighted by molar-refractivity contribution is -0.141. The van der Waals surface area contributed by atoms with E-state index in [-0.39, 0.29) is 33.9 Å². The van der Waals surface area contributed by atoms with Crippen LogP contribution >= 0.6 is 11.6 Å². The Morgan fingerprint density at radius 2 is 1.76 bits per heavy atom. The predicted molar refractivity (Wildman–Crippen MR) is 219 cm³/mol. The number of nitrogens with zero attached hydrogens (tertiary/aromatic N) is 2. The molecule has 0 radical (unpaired) electrons. The number of rotatable bonds is 16. The lowest BCUT2D eigenvalue weighted by Crippen LogP contribution is -2.68. The quantitative estimate of drug-likeness (QED) is 0.0735. The molecule has 55 heavy (non-hydrogen) atoms. The lowest BCUT2D eigenvalue weighted by Gasteiger charge is -2.55. The molecular weight excluding hydrogens is 734 g/mol. The zero-order chi connectivity index (χ0) is 39.9. The Balaban J connectivity index is 1.62. The molecule has 10 nitrogen and oxygen atoms in total. The smallest absolute Gasteiger partial charge is 0.265 e. The van der Waals surface area contributed by atoms with Gasteiger partial charge in [0.15, 0.2) is 19.7 Å². The van der Waals surface area contributed by atoms with Crippen molar-refractivity contribution in [2.24, 2.45) is 11.8 Å². The summed E-state index contributed by atoms with van der Waals surface area (Å²) in [7, 11) is -2.91. The van der Waals surface area contributed by atoms with Gasteiger partial charge in [-0.1, -0.05) is 71.2 Å². The van der Waals surface area contributed by atoms with Crippen LogP contribution in [0.15, 0.2) is 41.5 Å². The van der Waals surface area contributed by atoms with Gasteiger partial charge in [-0.3, -0.25) is 14.5 Å². The van der Waals surface area contributed by atoms with E-state index in [0.717, 1.165) is 56.2 Å². The van der Waals surface area contributed by atoms with Crippen LogP contribution in [0.25, 0.3) is 5.76 Å². The molecule has 1 saturated heterocycles. The van der Waals surface area contributed by atoms with Gasteiger partial charge in [-0.05, 0) is 91.5 Å². The molecule has 3 aliphatic carbocycles. The number of hydrogen-bond donors (Lipinski definition) is 2. The predicted octanol–water partition coefficient (Wildman–Crippen LogP) is 9.51. The average molecular weight is 795 g/mol. The third-order valence-corrected chi connectivity index (χ3v) is 17.4. The number of aliphatic hydroxyl groups is 1. The molecule has 2 aromatic rings. The fraction of sp³-hybridized carbons (Fsp3) is 0.605. The Hall–Kier alpha value is -3.22. The number of ketones is 2. The number of aromatic nitrogens is 1. The summed E-state index contributed by atoms with van der Waals surface area (Å²) >= 11 is 7.33. The SMILES string of the molecule is C=CCN(CC=C)[C@@H]1c2onc(OCCCC)c2C(=O)[C@@]2(O[Si](C)(C)C(C)(C)C)C(=O)C3=C(O)c4c(OCCCC)cc(C5CCCN5)c(Cl)c4C[C@H]3C[C@@H]12. The van der Waals surface area contributed by atoms with Crippen molar-refractivity contribution in [3.63, 3.8) is 0 Å². The standard InChI is InChI=1S/C43H60ClN3O7Si/c1-10-14-21-51-31-25-27(30-17-16-18-45-30)35(44)28-23-26-24-29-36(47(19-12-3)20-13-4)38-34(41(46-53-38)52-22-15-11-2)40(50)43(29,54-55(8,9)42(5,6)7)39(49)32(26)37(48)33(28)31/h12-13,25-26,29-30,36,45,48H,3-4,10-11,14-24H2,1-2,5-9H3/t26-,29-,30?,36-,43-/m0/s1. The molecule has 1 aromatic carbocycles. The fourth-order valence-corrected chi connectivity index (χ4v) is 10.5. The number of halogens is 1. The molecule has 0 spiro atoms. The monoisotopic (exact) mass is 793 g/mol. The van der Waals surface area contributed by atoms with Crippen molar-refractivity contribution in [2.45, 2.75) is 122 Å². The summed E-state index contributed by atoms with van der Waals surface area (Å²) in [6.45, 7) is 25.1. The molecule has 1 aromatic heterocycles. The van der Waals surface area contributed by atoms with Crippen LogP contribution < -0.4 is 14.8 Å². The van der Waals surface area contributed by atoms with E-state index in [1.54, 1.807) is 12.2 Å². The van der Waals surface area contributed by atoms with Crippen molar-refractivity contribution in [2.75, 3.05) is 32.8 Å². The number of fused-ring (bicyclic) bond motifs is 4. The summed E-state index contributed by atoms with van der Waals surface area (Å²) in [6, 6.07) is 1.36. The Morgan fingerprint density at radius 1 is 1.09 bits per heavy atom. The number of unbranched alkanes of at least 4 members (excludes halogenated alkanes) is 2. The van der Waals surface area contributed by atoms with Gasteiger partial charge < -0.3 is 28.8 Å². The maximum atomic E-state index is 15.9. The van der Waals surface area contributed by atoms with Crippen LogP contribution in [-0.2, 0) is 15.6 Å². The highest BCUT2D eigenvalue weighted by Gasteiger charge is 2.69. The number of ether oxygens (including phenoxy) is 2. The Bertz CT molecular complexity index is 1830. The molecule has 2 N–H and O–H groups in total. The highest BCUT2D eigenvalue weighted by Crippen LogP contribution is 2.60. The highest BCUT2D eigenvalue weighted by atomic mass is 35.5. The van der Waals surface area contributed by atoms with E-state index in [0.29, 0.717) is 61.2 Å². The Morgan fingerprint density at radius 3 is 2.36 bits per heavy atom. The molecule has 2 fully saturated rings. The lowest BCUT2D eigenvalue weighted by atomic mass is 9.57. The summed E-state index contributed by atoms with van der Waals surface area (Å²) in [5.74, 6) is -1.54. The molecule has 5 atom stereocenters. The number of aliphatic hydroxyl groups excluding tert-OH is 1. The molecule has 0 bridgehead atoms. The maximum absolute atomic E-state index is 15.9.